The average molecular weight is 233 g/mol. The lowest BCUT2D eigenvalue weighted by molar-refractivity contribution is 0.392. The Morgan fingerprint density at radius 2 is 2.18 bits per heavy atom. The monoisotopic (exact) mass is 233 g/mol. The number of piperidine rings is 1. The first-order valence-corrected chi connectivity index (χ1v) is 5.89. The maximum atomic E-state index is 5.30. The van der Waals surface area contributed by atoms with Crippen molar-refractivity contribution in [1.29, 1.82) is 0 Å². The minimum Gasteiger partial charge on any atom is -0.334 e. The number of aromatic amines is 1. The molecule has 6 heteroatoms. The smallest absolute Gasteiger partial charge is 0.261 e. The topological polar surface area (TPSA) is 79.6 Å². The second-order valence-corrected chi connectivity index (χ2v) is 4.39. The normalized spacial score (nSPS) is 17.5. The van der Waals surface area contributed by atoms with Crippen molar-refractivity contribution >= 4 is 0 Å². The largest absolute Gasteiger partial charge is 0.334 e. The molecule has 3 rings (SSSR count). The molecular formula is C11H15N5O. The Morgan fingerprint density at radius 1 is 1.35 bits per heavy atom. The van der Waals surface area contributed by atoms with E-state index in [2.05, 4.69) is 25.7 Å². The quantitative estimate of drug-likeness (QED) is 0.815. The number of nitrogens with zero attached hydrogens (tertiary/aromatic N) is 3. The molecule has 2 aromatic heterocycles. The Kier molecular flexibility index (Phi) is 2.64. The summed E-state index contributed by atoms with van der Waals surface area (Å²) in [5.74, 6) is 1.80. The van der Waals surface area contributed by atoms with Crippen LogP contribution in [0.15, 0.2) is 10.7 Å². The van der Waals surface area contributed by atoms with Crippen molar-refractivity contribution in [3.8, 4) is 11.5 Å². The third kappa shape index (κ3) is 1.95. The lowest BCUT2D eigenvalue weighted by Gasteiger charge is -2.18. The van der Waals surface area contributed by atoms with Gasteiger partial charge in [0.2, 0.25) is 0 Å². The molecule has 1 aliphatic heterocycles. The fourth-order valence-electron chi connectivity index (χ4n) is 2.16. The molecule has 0 saturated carbocycles. The molecule has 0 unspecified atom stereocenters. The second kappa shape index (κ2) is 4.29. The zero-order valence-corrected chi connectivity index (χ0v) is 9.73. The maximum absolute atomic E-state index is 5.30. The maximum Gasteiger partial charge on any atom is 0.261 e. The van der Waals surface area contributed by atoms with Crippen LogP contribution in [0.2, 0.25) is 0 Å². The van der Waals surface area contributed by atoms with Crippen molar-refractivity contribution in [3.05, 3.63) is 17.7 Å². The van der Waals surface area contributed by atoms with Gasteiger partial charge in [-0.2, -0.15) is 10.1 Å². The Morgan fingerprint density at radius 3 is 2.88 bits per heavy atom. The lowest BCUT2D eigenvalue weighted by atomic mass is 9.98. The summed E-state index contributed by atoms with van der Waals surface area (Å²) in [6.07, 6.45) is 3.86. The summed E-state index contributed by atoms with van der Waals surface area (Å²) in [6.45, 7) is 4.00. The van der Waals surface area contributed by atoms with Gasteiger partial charge in [-0.25, -0.2) is 0 Å². The van der Waals surface area contributed by atoms with Crippen LogP contribution in [0.3, 0.4) is 0 Å². The van der Waals surface area contributed by atoms with Crippen LogP contribution >= 0.6 is 0 Å². The van der Waals surface area contributed by atoms with Crippen molar-refractivity contribution in [2.75, 3.05) is 13.1 Å². The van der Waals surface area contributed by atoms with Crippen LogP contribution in [-0.4, -0.2) is 33.4 Å². The van der Waals surface area contributed by atoms with Gasteiger partial charge in [-0.3, -0.25) is 5.10 Å². The second-order valence-electron chi connectivity index (χ2n) is 4.39. The van der Waals surface area contributed by atoms with Crippen LogP contribution in [0.1, 0.15) is 30.3 Å². The summed E-state index contributed by atoms with van der Waals surface area (Å²) in [5.41, 5.74) is 1.84. The average Bonchev–Trinajstić information content (AvgIpc) is 2.98. The SMILES string of the molecule is Cc1[nH]ncc1-c1nc(C2CCNCC2)no1. The van der Waals surface area contributed by atoms with E-state index in [0.29, 0.717) is 11.8 Å². The van der Waals surface area contributed by atoms with E-state index in [4.69, 9.17) is 4.52 Å². The fourth-order valence-corrected chi connectivity index (χ4v) is 2.16. The van der Waals surface area contributed by atoms with Crippen LogP contribution in [0, 0.1) is 6.92 Å². The molecular weight excluding hydrogens is 218 g/mol. The summed E-state index contributed by atoms with van der Waals surface area (Å²) < 4.78 is 5.30. The van der Waals surface area contributed by atoms with Gasteiger partial charge in [-0.15, -0.1) is 0 Å². The number of hydrogen-bond donors (Lipinski definition) is 2. The zero-order valence-electron chi connectivity index (χ0n) is 9.73. The molecule has 0 aliphatic carbocycles. The van der Waals surface area contributed by atoms with Crippen LogP contribution in [-0.2, 0) is 0 Å². The molecule has 0 amide bonds. The van der Waals surface area contributed by atoms with Crippen LogP contribution in [0.4, 0.5) is 0 Å². The molecule has 0 spiro atoms. The summed E-state index contributed by atoms with van der Waals surface area (Å²) >= 11 is 0. The summed E-state index contributed by atoms with van der Waals surface area (Å²) in [4.78, 5) is 4.47. The van der Waals surface area contributed by atoms with Crippen LogP contribution in [0.25, 0.3) is 11.5 Å². The number of H-pyrrole nitrogens is 1. The molecule has 6 nitrogen and oxygen atoms in total. The van der Waals surface area contributed by atoms with E-state index in [-0.39, 0.29) is 0 Å². The van der Waals surface area contributed by atoms with E-state index in [1.807, 2.05) is 6.92 Å². The molecule has 3 heterocycles. The van der Waals surface area contributed by atoms with Crippen molar-refractivity contribution in [2.24, 2.45) is 0 Å². The van der Waals surface area contributed by atoms with Crippen molar-refractivity contribution < 1.29 is 4.52 Å². The molecule has 90 valence electrons. The molecule has 0 radical (unpaired) electrons. The predicted octanol–water partition coefficient (Wildman–Crippen LogP) is 1.24. The van der Waals surface area contributed by atoms with E-state index >= 15 is 0 Å². The first-order chi connectivity index (χ1) is 8.34. The third-order valence-corrected chi connectivity index (χ3v) is 3.21. The van der Waals surface area contributed by atoms with Gasteiger partial charge in [0.25, 0.3) is 5.89 Å². The zero-order chi connectivity index (χ0) is 11.7. The molecule has 0 aromatic carbocycles. The first-order valence-electron chi connectivity index (χ1n) is 5.89. The van der Waals surface area contributed by atoms with Crippen molar-refractivity contribution in [2.45, 2.75) is 25.7 Å². The number of rotatable bonds is 2. The highest BCUT2D eigenvalue weighted by Gasteiger charge is 2.21. The number of aryl methyl sites for hydroxylation is 1. The number of aromatic nitrogens is 4. The van der Waals surface area contributed by atoms with Gasteiger partial charge >= 0.3 is 0 Å². The van der Waals surface area contributed by atoms with E-state index in [9.17, 15) is 0 Å². The van der Waals surface area contributed by atoms with Gasteiger partial charge in [-0.1, -0.05) is 5.16 Å². The van der Waals surface area contributed by atoms with E-state index in [0.717, 1.165) is 43.0 Å². The van der Waals surface area contributed by atoms with E-state index < -0.39 is 0 Å². The van der Waals surface area contributed by atoms with Gasteiger partial charge in [0.15, 0.2) is 5.82 Å². The van der Waals surface area contributed by atoms with Crippen molar-refractivity contribution in [3.63, 3.8) is 0 Å². The molecule has 0 atom stereocenters. The summed E-state index contributed by atoms with van der Waals surface area (Å²) in [5, 5.41) is 14.2. The first kappa shape index (κ1) is 10.5. The van der Waals surface area contributed by atoms with Crippen LogP contribution in [0.5, 0.6) is 0 Å². The highest BCUT2D eigenvalue weighted by Crippen LogP contribution is 2.26. The molecule has 17 heavy (non-hydrogen) atoms. The highest BCUT2D eigenvalue weighted by molar-refractivity contribution is 5.54. The Hall–Kier alpha value is -1.69. The Labute approximate surface area is 98.8 Å². The van der Waals surface area contributed by atoms with Crippen molar-refractivity contribution in [1.82, 2.24) is 25.7 Å². The Balaban J connectivity index is 1.85. The van der Waals surface area contributed by atoms with E-state index in [1.54, 1.807) is 6.20 Å². The number of hydrogen-bond acceptors (Lipinski definition) is 5. The standard InChI is InChI=1S/C11H15N5O/c1-7-9(6-13-15-7)11-14-10(16-17-11)8-2-4-12-5-3-8/h6,8,12H,2-5H2,1H3,(H,13,15). The summed E-state index contributed by atoms with van der Waals surface area (Å²) in [6, 6.07) is 0. The fraction of sp³-hybridized carbons (Fsp3) is 0.545. The minimum atomic E-state index is 0.418. The molecule has 0 bridgehead atoms. The predicted molar refractivity (Wildman–Crippen MR) is 61.5 cm³/mol. The highest BCUT2D eigenvalue weighted by atomic mass is 16.5. The molecule has 1 fully saturated rings. The molecule has 2 N–H and O–H groups in total. The number of nitrogens with one attached hydrogen (secondary N) is 2. The summed E-state index contributed by atoms with van der Waals surface area (Å²) in [7, 11) is 0. The Bertz CT molecular complexity index is 497. The minimum absolute atomic E-state index is 0.418. The van der Waals surface area contributed by atoms with Gasteiger partial charge in [-0.05, 0) is 32.9 Å². The molecule has 1 saturated heterocycles. The van der Waals surface area contributed by atoms with Crippen LogP contribution < -0.4 is 5.32 Å². The van der Waals surface area contributed by atoms with Gasteiger partial charge in [0.1, 0.15) is 0 Å². The van der Waals surface area contributed by atoms with Gasteiger partial charge < -0.3 is 9.84 Å². The van der Waals surface area contributed by atoms with E-state index in [1.165, 1.54) is 0 Å². The lowest BCUT2D eigenvalue weighted by Crippen LogP contribution is -2.27. The third-order valence-electron chi connectivity index (χ3n) is 3.21. The molecule has 1 aliphatic rings. The van der Waals surface area contributed by atoms with Gasteiger partial charge in [0.05, 0.1) is 11.8 Å². The molecule has 2 aromatic rings. The van der Waals surface area contributed by atoms with Gasteiger partial charge in [0, 0.05) is 11.6 Å².